The minimum absolute atomic E-state index is 0.0595. The molecule has 24 heavy (non-hydrogen) atoms. The van der Waals surface area contributed by atoms with Gasteiger partial charge in [0.05, 0.1) is 13.2 Å². The topological polar surface area (TPSA) is 95.5 Å². The molecular formula is C15H21N2O6P. The summed E-state index contributed by atoms with van der Waals surface area (Å²) in [5.41, 5.74) is -1.58. The summed E-state index contributed by atoms with van der Waals surface area (Å²) in [7, 11) is -4.00. The van der Waals surface area contributed by atoms with Crippen molar-refractivity contribution in [2.24, 2.45) is 4.76 Å². The van der Waals surface area contributed by atoms with E-state index in [1.807, 2.05) is 6.07 Å². The van der Waals surface area contributed by atoms with Gasteiger partial charge in [0.25, 0.3) is 0 Å². The molecule has 2 rings (SSSR count). The number of para-hydroxylation sites is 1. The average Bonchev–Trinajstić information content (AvgIpc) is 2.82. The van der Waals surface area contributed by atoms with Crippen LogP contribution in [0, 0.1) is 0 Å². The number of carbonyl (C=O) groups excluding carboxylic acids is 1. The van der Waals surface area contributed by atoms with Gasteiger partial charge < -0.3 is 24.1 Å². The van der Waals surface area contributed by atoms with Gasteiger partial charge in [-0.15, -0.1) is 4.76 Å². The highest BCUT2D eigenvalue weighted by atomic mass is 31.2. The molecule has 1 heterocycles. The van der Waals surface area contributed by atoms with E-state index < -0.39 is 19.0 Å². The fourth-order valence-electron chi connectivity index (χ4n) is 2.12. The third-order valence-electron chi connectivity index (χ3n) is 3.03. The molecule has 0 bridgehead atoms. The highest BCUT2D eigenvalue weighted by Gasteiger charge is 2.67. The Morgan fingerprint density at radius 1 is 1.21 bits per heavy atom. The normalized spacial score (nSPS) is 25.7. The van der Waals surface area contributed by atoms with Crippen molar-refractivity contribution >= 4 is 25.2 Å². The molecule has 8 nitrogen and oxygen atoms in total. The molecular weight excluding hydrogens is 335 g/mol. The second-order valence-electron chi connectivity index (χ2n) is 4.67. The first-order valence-electron chi connectivity index (χ1n) is 7.68. The third kappa shape index (κ3) is 3.45. The van der Waals surface area contributed by atoms with E-state index in [2.05, 4.69) is 10.1 Å². The van der Waals surface area contributed by atoms with Crippen LogP contribution in [-0.2, 0) is 28.1 Å². The third-order valence-corrected chi connectivity index (χ3v) is 5.23. The number of nitrogens with zero attached hydrogens (tertiary/aromatic N) is 1. The molecule has 0 saturated heterocycles. The molecule has 0 spiro atoms. The van der Waals surface area contributed by atoms with Crippen molar-refractivity contribution in [3.05, 3.63) is 30.3 Å². The Morgan fingerprint density at radius 2 is 1.92 bits per heavy atom. The number of anilines is 1. The van der Waals surface area contributed by atoms with Crippen LogP contribution in [0.3, 0.4) is 0 Å². The Morgan fingerprint density at radius 3 is 2.50 bits per heavy atom. The van der Waals surface area contributed by atoms with Gasteiger partial charge in [-0.3, -0.25) is 4.57 Å². The Balaban J connectivity index is 2.37. The predicted molar refractivity (Wildman–Crippen MR) is 88.8 cm³/mol. The van der Waals surface area contributed by atoms with Gasteiger partial charge in [0.1, 0.15) is 0 Å². The number of hydrogen-bond acceptors (Lipinski definition) is 7. The van der Waals surface area contributed by atoms with Crippen LogP contribution in [-0.4, -0.2) is 37.3 Å². The molecule has 132 valence electrons. The van der Waals surface area contributed by atoms with Crippen molar-refractivity contribution in [3.8, 4) is 0 Å². The van der Waals surface area contributed by atoms with Crippen LogP contribution in [0.2, 0.25) is 0 Å². The monoisotopic (exact) mass is 356 g/mol. The van der Waals surface area contributed by atoms with Crippen LogP contribution in [0.5, 0.6) is 0 Å². The minimum Gasteiger partial charge on any atom is -0.461 e. The molecule has 9 heteroatoms. The number of ether oxygens (including phenoxy) is 3. The average molecular weight is 356 g/mol. The zero-order valence-corrected chi connectivity index (χ0v) is 14.7. The molecule has 2 unspecified atom stereocenters. The van der Waals surface area contributed by atoms with E-state index in [1.165, 1.54) is 0 Å². The summed E-state index contributed by atoms with van der Waals surface area (Å²) in [5, 5.41) is 2.85. The fourth-order valence-corrected chi connectivity index (χ4v) is 3.95. The van der Waals surface area contributed by atoms with Crippen LogP contribution in [0.25, 0.3) is 0 Å². The van der Waals surface area contributed by atoms with E-state index in [0.717, 1.165) is 0 Å². The molecule has 0 aromatic heterocycles. The molecule has 1 aliphatic heterocycles. The lowest BCUT2D eigenvalue weighted by Crippen LogP contribution is -2.44. The molecule has 0 amide bonds. The lowest BCUT2D eigenvalue weighted by Gasteiger charge is -2.28. The summed E-state index contributed by atoms with van der Waals surface area (Å²) >= 11 is 0. The molecule has 1 aliphatic rings. The largest absolute Gasteiger partial charge is 0.461 e. The van der Waals surface area contributed by atoms with Crippen molar-refractivity contribution in [3.63, 3.8) is 0 Å². The Hall–Kier alpha value is -1.89. The first kappa shape index (κ1) is 18.4. The molecule has 1 aromatic carbocycles. The zero-order valence-electron chi connectivity index (χ0n) is 13.9. The van der Waals surface area contributed by atoms with Crippen molar-refractivity contribution in [2.75, 3.05) is 25.1 Å². The van der Waals surface area contributed by atoms with E-state index in [0.29, 0.717) is 5.69 Å². The van der Waals surface area contributed by atoms with Gasteiger partial charge in [-0.1, -0.05) is 18.2 Å². The second kappa shape index (κ2) is 7.79. The summed E-state index contributed by atoms with van der Waals surface area (Å²) < 4.78 is 38.3. The fraction of sp³-hybridized carbons (Fsp3) is 0.467. The smallest absolute Gasteiger partial charge is 0.412 e. The summed E-state index contributed by atoms with van der Waals surface area (Å²) in [6.07, 6.45) is 0. The van der Waals surface area contributed by atoms with Crippen molar-refractivity contribution in [1.29, 1.82) is 0 Å². The van der Waals surface area contributed by atoms with Crippen molar-refractivity contribution in [1.82, 2.24) is 0 Å². The molecule has 0 aliphatic carbocycles. The summed E-state index contributed by atoms with van der Waals surface area (Å²) in [5.74, 6) is -0.933. The zero-order chi connectivity index (χ0) is 17.6. The maximum atomic E-state index is 13.2. The highest BCUT2D eigenvalue weighted by Crippen LogP contribution is 2.65. The number of carbonyl (C=O) groups is 1. The number of rotatable bonds is 7. The highest BCUT2D eigenvalue weighted by molar-refractivity contribution is 7.60. The van der Waals surface area contributed by atoms with Crippen LogP contribution >= 0.6 is 7.52 Å². The molecule has 0 saturated carbocycles. The summed E-state index contributed by atoms with van der Waals surface area (Å²) in [6.45, 7) is 5.11. The van der Waals surface area contributed by atoms with Crippen LogP contribution in [0.1, 0.15) is 20.8 Å². The molecule has 0 fully saturated rings. The van der Waals surface area contributed by atoms with E-state index in [1.54, 1.807) is 45.0 Å². The summed E-state index contributed by atoms with van der Waals surface area (Å²) in [4.78, 5) is 12.4. The number of hydrogen-bond donors (Lipinski definition) is 1. The minimum atomic E-state index is -4.00. The number of nitrogens with one attached hydrogen (secondary N) is 1. The maximum Gasteiger partial charge on any atom is 0.412 e. The summed E-state index contributed by atoms with van der Waals surface area (Å²) in [6, 6.07) is 8.86. The molecule has 2 atom stereocenters. The second-order valence-corrected chi connectivity index (χ2v) is 6.76. The van der Waals surface area contributed by atoms with E-state index in [4.69, 9.17) is 18.7 Å². The predicted octanol–water partition coefficient (Wildman–Crippen LogP) is 2.97. The van der Waals surface area contributed by atoms with Gasteiger partial charge in [-0.05, 0) is 32.9 Å². The van der Waals surface area contributed by atoms with Gasteiger partial charge in [0.2, 0.25) is 0 Å². The van der Waals surface area contributed by atoms with Gasteiger partial charge in [-0.25, -0.2) is 4.79 Å². The number of esters is 1. The van der Waals surface area contributed by atoms with Crippen LogP contribution < -0.4 is 5.32 Å². The Kier molecular flexibility index (Phi) is 5.99. The Labute approximate surface area is 140 Å². The van der Waals surface area contributed by atoms with Crippen molar-refractivity contribution in [2.45, 2.75) is 26.3 Å². The van der Waals surface area contributed by atoms with Gasteiger partial charge in [0.15, 0.2) is 0 Å². The number of benzene rings is 1. The number of amidine groups is 1. The van der Waals surface area contributed by atoms with Crippen molar-refractivity contribution < 1.29 is 28.1 Å². The quantitative estimate of drug-likeness (QED) is 0.593. The molecule has 1 N–H and O–H groups in total. The standard InChI is InChI=1S/C15H21N2O6P/c1-4-20-13(18)15(21-5-2)23-14(17-24(15,19)22-6-3)16-12-10-8-7-9-11-12/h7-11H,4-6H2,1-3H3,(H,16,17,19). The maximum absolute atomic E-state index is 13.2. The van der Waals surface area contributed by atoms with Crippen LogP contribution in [0.4, 0.5) is 5.69 Å². The molecule has 0 radical (unpaired) electrons. The van der Waals surface area contributed by atoms with Gasteiger partial charge in [0, 0.05) is 12.3 Å². The van der Waals surface area contributed by atoms with Gasteiger partial charge in [-0.2, -0.15) is 0 Å². The lowest BCUT2D eigenvalue weighted by atomic mass is 10.3. The van der Waals surface area contributed by atoms with E-state index in [9.17, 15) is 9.36 Å². The first-order valence-corrected chi connectivity index (χ1v) is 9.26. The lowest BCUT2D eigenvalue weighted by molar-refractivity contribution is -0.192. The first-order chi connectivity index (χ1) is 11.5. The van der Waals surface area contributed by atoms with Crippen LogP contribution in [0.15, 0.2) is 35.1 Å². The van der Waals surface area contributed by atoms with E-state index in [-0.39, 0.29) is 25.8 Å². The van der Waals surface area contributed by atoms with Gasteiger partial charge >= 0.3 is 25.0 Å². The van der Waals surface area contributed by atoms with E-state index >= 15 is 0 Å². The Bertz CT molecular complexity index is 651. The molecule has 1 aromatic rings. The SMILES string of the molecule is CCOC(=O)C1(OCC)OC(Nc2ccccc2)=NP1(=O)OCC.